The Morgan fingerprint density at radius 3 is 2.33 bits per heavy atom. The van der Waals surface area contributed by atoms with Gasteiger partial charge in [-0.3, -0.25) is 0 Å². The molecule has 0 bridgehead atoms. The van der Waals surface area contributed by atoms with E-state index in [1.54, 1.807) is 7.11 Å². The lowest BCUT2D eigenvalue weighted by Gasteiger charge is -2.14. The van der Waals surface area contributed by atoms with Crippen molar-refractivity contribution in [3.05, 3.63) is 90.6 Å². The van der Waals surface area contributed by atoms with Crippen LogP contribution in [-0.2, 0) is 0 Å². The van der Waals surface area contributed by atoms with E-state index in [0.717, 1.165) is 28.6 Å². The summed E-state index contributed by atoms with van der Waals surface area (Å²) in [4.78, 5) is 9.08. The Kier molecular flexibility index (Phi) is 5.75. The molecule has 6 heteroatoms. The molecular formula is C24H22N4O2. The second-order valence-electron chi connectivity index (χ2n) is 6.61. The Bertz CT molecular complexity index is 1130. The van der Waals surface area contributed by atoms with Crippen molar-refractivity contribution in [3.8, 4) is 17.2 Å². The number of aromatic nitrogens is 2. The van der Waals surface area contributed by atoms with Crippen LogP contribution >= 0.6 is 0 Å². The highest BCUT2D eigenvalue weighted by molar-refractivity contribution is 5.66. The molecule has 0 fully saturated rings. The summed E-state index contributed by atoms with van der Waals surface area (Å²) in [5, 5.41) is 6.57. The van der Waals surface area contributed by atoms with Gasteiger partial charge < -0.3 is 20.1 Å². The van der Waals surface area contributed by atoms with E-state index in [2.05, 4.69) is 20.6 Å². The fourth-order valence-corrected chi connectivity index (χ4v) is 2.93. The van der Waals surface area contributed by atoms with E-state index in [4.69, 9.17) is 9.47 Å². The van der Waals surface area contributed by atoms with Crippen LogP contribution in [0.1, 0.15) is 5.69 Å². The Morgan fingerprint density at radius 2 is 1.50 bits per heavy atom. The van der Waals surface area contributed by atoms with Gasteiger partial charge in [0.25, 0.3) is 0 Å². The molecule has 0 atom stereocenters. The molecule has 0 saturated heterocycles. The third kappa shape index (κ3) is 4.86. The van der Waals surface area contributed by atoms with Gasteiger partial charge in [0.1, 0.15) is 17.3 Å². The van der Waals surface area contributed by atoms with Gasteiger partial charge in [0, 0.05) is 23.5 Å². The molecule has 3 aromatic carbocycles. The van der Waals surface area contributed by atoms with Gasteiger partial charge >= 0.3 is 0 Å². The van der Waals surface area contributed by atoms with Crippen molar-refractivity contribution in [3.63, 3.8) is 0 Å². The normalized spacial score (nSPS) is 10.3. The molecule has 0 unspecified atom stereocenters. The first-order valence-electron chi connectivity index (χ1n) is 9.55. The lowest BCUT2D eigenvalue weighted by molar-refractivity contribution is 0.415. The number of aryl methyl sites for hydroxylation is 1. The molecule has 0 aliphatic heterocycles. The first kappa shape index (κ1) is 19.3. The predicted molar refractivity (Wildman–Crippen MR) is 119 cm³/mol. The molecule has 0 spiro atoms. The second kappa shape index (κ2) is 8.96. The number of anilines is 4. The molecule has 0 saturated carbocycles. The third-order valence-electron chi connectivity index (χ3n) is 4.30. The van der Waals surface area contributed by atoms with Gasteiger partial charge in [-0.25, -0.2) is 4.98 Å². The number of ether oxygens (including phenoxy) is 2. The zero-order chi connectivity index (χ0) is 20.8. The summed E-state index contributed by atoms with van der Waals surface area (Å²) in [6, 6.07) is 26.9. The monoisotopic (exact) mass is 398 g/mol. The number of hydrogen-bond donors (Lipinski definition) is 2. The van der Waals surface area contributed by atoms with Gasteiger partial charge in [-0.15, -0.1) is 0 Å². The Balaban J connectivity index is 1.57. The molecule has 1 aromatic heterocycles. The average Bonchev–Trinajstić information content (AvgIpc) is 2.75. The van der Waals surface area contributed by atoms with Gasteiger partial charge in [0.05, 0.1) is 12.8 Å². The maximum absolute atomic E-state index is 6.03. The van der Waals surface area contributed by atoms with Crippen LogP contribution in [0.25, 0.3) is 0 Å². The molecule has 30 heavy (non-hydrogen) atoms. The Hall–Kier alpha value is -4.06. The van der Waals surface area contributed by atoms with Gasteiger partial charge in [-0.05, 0) is 43.3 Å². The SMILES string of the molecule is COc1cccc(Nc2nc(C)cc(Nc3ccccc3Oc3ccccc3)n2)c1. The van der Waals surface area contributed by atoms with Crippen LogP contribution in [0.2, 0.25) is 0 Å². The van der Waals surface area contributed by atoms with E-state index < -0.39 is 0 Å². The lowest BCUT2D eigenvalue weighted by Crippen LogP contribution is -2.03. The highest BCUT2D eigenvalue weighted by Crippen LogP contribution is 2.31. The third-order valence-corrected chi connectivity index (χ3v) is 4.30. The summed E-state index contributed by atoms with van der Waals surface area (Å²) in [5.41, 5.74) is 2.49. The molecule has 1 heterocycles. The van der Waals surface area contributed by atoms with Crippen LogP contribution in [0.3, 0.4) is 0 Å². The van der Waals surface area contributed by atoms with Crippen LogP contribution in [0.4, 0.5) is 23.1 Å². The molecule has 4 aromatic rings. The molecule has 150 valence electrons. The van der Waals surface area contributed by atoms with Crippen LogP contribution < -0.4 is 20.1 Å². The standard InChI is InChI=1S/C24H22N4O2/c1-17-15-23(28-24(25-17)26-18-9-8-12-20(16-18)29-2)27-21-13-6-7-14-22(21)30-19-10-4-3-5-11-19/h3-16H,1-2H3,(H2,25,26,27,28). The smallest absolute Gasteiger partial charge is 0.229 e. The minimum absolute atomic E-state index is 0.493. The second-order valence-corrected chi connectivity index (χ2v) is 6.61. The quantitative estimate of drug-likeness (QED) is 0.394. The number of hydrogen-bond acceptors (Lipinski definition) is 6. The van der Waals surface area contributed by atoms with Crippen molar-refractivity contribution in [1.82, 2.24) is 9.97 Å². The van der Waals surface area contributed by atoms with Gasteiger partial charge in [0.2, 0.25) is 5.95 Å². The van der Waals surface area contributed by atoms with Crippen molar-refractivity contribution in [2.75, 3.05) is 17.7 Å². The predicted octanol–water partition coefficient (Wildman–Crippen LogP) is 6.07. The van der Waals surface area contributed by atoms with E-state index in [1.165, 1.54) is 0 Å². The summed E-state index contributed by atoms with van der Waals surface area (Å²) in [6.45, 7) is 1.93. The summed E-state index contributed by atoms with van der Waals surface area (Å²) < 4.78 is 11.3. The van der Waals surface area contributed by atoms with E-state index in [0.29, 0.717) is 17.5 Å². The molecule has 0 amide bonds. The zero-order valence-corrected chi connectivity index (χ0v) is 16.8. The van der Waals surface area contributed by atoms with E-state index >= 15 is 0 Å². The fourth-order valence-electron chi connectivity index (χ4n) is 2.93. The van der Waals surface area contributed by atoms with E-state index in [1.807, 2.05) is 91.9 Å². The number of rotatable bonds is 7. The number of nitrogens with zero attached hydrogens (tertiary/aromatic N) is 2. The van der Waals surface area contributed by atoms with Crippen molar-refractivity contribution >= 4 is 23.1 Å². The maximum Gasteiger partial charge on any atom is 0.229 e. The molecule has 0 radical (unpaired) electrons. The Morgan fingerprint density at radius 1 is 0.733 bits per heavy atom. The Labute approximate surface area is 175 Å². The van der Waals surface area contributed by atoms with Gasteiger partial charge in [-0.2, -0.15) is 4.98 Å². The number of para-hydroxylation sites is 3. The largest absolute Gasteiger partial charge is 0.497 e. The number of methoxy groups -OCH3 is 1. The van der Waals surface area contributed by atoms with Crippen LogP contribution in [-0.4, -0.2) is 17.1 Å². The maximum atomic E-state index is 6.03. The molecule has 0 aliphatic carbocycles. The minimum Gasteiger partial charge on any atom is -0.497 e. The average molecular weight is 398 g/mol. The van der Waals surface area contributed by atoms with Crippen molar-refractivity contribution < 1.29 is 9.47 Å². The first-order valence-corrected chi connectivity index (χ1v) is 9.55. The molecule has 4 rings (SSSR count). The summed E-state index contributed by atoms with van der Waals surface area (Å²) in [5.74, 6) is 3.40. The first-order chi connectivity index (χ1) is 14.7. The van der Waals surface area contributed by atoms with Crippen LogP contribution in [0.5, 0.6) is 17.2 Å². The van der Waals surface area contributed by atoms with E-state index in [9.17, 15) is 0 Å². The van der Waals surface area contributed by atoms with Crippen molar-refractivity contribution in [1.29, 1.82) is 0 Å². The topological polar surface area (TPSA) is 68.3 Å². The van der Waals surface area contributed by atoms with Crippen molar-refractivity contribution in [2.24, 2.45) is 0 Å². The molecule has 2 N–H and O–H groups in total. The highest BCUT2D eigenvalue weighted by Gasteiger charge is 2.08. The number of nitrogens with one attached hydrogen (secondary N) is 2. The van der Waals surface area contributed by atoms with Crippen LogP contribution in [0.15, 0.2) is 84.9 Å². The molecule has 6 nitrogen and oxygen atoms in total. The van der Waals surface area contributed by atoms with Gasteiger partial charge in [-0.1, -0.05) is 36.4 Å². The lowest BCUT2D eigenvalue weighted by atomic mass is 10.2. The highest BCUT2D eigenvalue weighted by atomic mass is 16.5. The summed E-state index contributed by atoms with van der Waals surface area (Å²) >= 11 is 0. The zero-order valence-electron chi connectivity index (χ0n) is 16.8. The molecular weight excluding hydrogens is 376 g/mol. The van der Waals surface area contributed by atoms with Crippen LogP contribution in [0, 0.1) is 6.92 Å². The summed E-state index contributed by atoms with van der Waals surface area (Å²) in [7, 11) is 1.64. The van der Waals surface area contributed by atoms with Crippen molar-refractivity contribution in [2.45, 2.75) is 6.92 Å². The number of benzene rings is 3. The minimum atomic E-state index is 0.493. The fraction of sp³-hybridized carbons (Fsp3) is 0.0833. The summed E-state index contributed by atoms with van der Waals surface area (Å²) in [6.07, 6.45) is 0. The van der Waals surface area contributed by atoms with Gasteiger partial charge in [0.15, 0.2) is 5.75 Å². The molecule has 0 aliphatic rings. The van der Waals surface area contributed by atoms with E-state index in [-0.39, 0.29) is 0 Å².